The van der Waals surface area contributed by atoms with Crippen LogP contribution in [0.3, 0.4) is 0 Å². The molecule has 2 heterocycles. The average molecular weight is 424 g/mol. The zero-order valence-corrected chi connectivity index (χ0v) is 16.0. The van der Waals surface area contributed by atoms with Crippen molar-refractivity contribution in [3.8, 4) is 0 Å². The van der Waals surface area contributed by atoms with Crippen molar-refractivity contribution < 1.29 is 9.47 Å². The van der Waals surface area contributed by atoms with E-state index < -0.39 is 0 Å². The number of ether oxygens (including phenoxy) is 2. The Morgan fingerprint density at radius 1 is 1.32 bits per heavy atom. The molecule has 0 aromatic heterocycles. The summed E-state index contributed by atoms with van der Waals surface area (Å²) in [5.41, 5.74) is 0.218. The number of nitrogens with one attached hydrogen (secondary N) is 1. The van der Waals surface area contributed by atoms with Crippen molar-refractivity contribution >= 4 is 29.9 Å². The smallest absolute Gasteiger partial charge is 0.193 e. The van der Waals surface area contributed by atoms with Gasteiger partial charge in [0.05, 0.1) is 25.9 Å². The molecule has 0 radical (unpaired) electrons. The maximum Gasteiger partial charge on any atom is 0.193 e. The maximum absolute atomic E-state index is 5.79. The zero-order chi connectivity index (χ0) is 14.7. The van der Waals surface area contributed by atoms with E-state index in [-0.39, 0.29) is 29.5 Å². The van der Waals surface area contributed by atoms with Crippen molar-refractivity contribution in [3.63, 3.8) is 0 Å². The largest absolute Gasteiger partial charge is 0.379 e. The van der Waals surface area contributed by atoms with Crippen molar-refractivity contribution in [1.82, 2.24) is 15.1 Å². The van der Waals surface area contributed by atoms with Gasteiger partial charge in [0.1, 0.15) is 0 Å². The number of hydrogen-bond acceptors (Lipinski definition) is 6. The van der Waals surface area contributed by atoms with Gasteiger partial charge in [0, 0.05) is 45.4 Å². The van der Waals surface area contributed by atoms with Crippen LogP contribution in [-0.4, -0.2) is 87.0 Å². The molecule has 0 unspecified atom stereocenters. The number of nitrogens with zero attached hydrogens (tertiary/aromatic N) is 3. The minimum Gasteiger partial charge on any atom is -0.379 e. The molecule has 0 aromatic rings. The van der Waals surface area contributed by atoms with E-state index in [0.717, 1.165) is 71.3 Å². The summed E-state index contributed by atoms with van der Waals surface area (Å²) in [6.07, 6.45) is 2.65. The Labute approximate surface area is 150 Å². The van der Waals surface area contributed by atoms with Crippen molar-refractivity contribution in [2.75, 3.05) is 59.6 Å². The molecule has 1 N–H and O–H groups in total. The van der Waals surface area contributed by atoms with Crippen molar-refractivity contribution in [2.45, 2.75) is 31.4 Å². The van der Waals surface area contributed by atoms with E-state index in [4.69, 9.17) is 9.47 Å². The standard InChI is InChI=1S/C15H28N4O2.HI/c1-3-21-13-10-15(11-13,19-6-8-20-9-7-19)12-17-14-16-4-5-18(14)2;/h13H,3-12H2,1-2H3,(H,16,17);1H. The fourth-order valence-electron chi connectivity index (χ4n) is 3.66. The lowest BCUT2D eigenvalue weighted by Crippen LogP contribution is -2.67. The number of aliphatic imine (C=N–C) groups is 1. The first-order chi connectivity index (χ1) is 10.2. The van der Waals surface area contributed by atoms with Crippen molar-refractivity contribution in [3.05, 3.63) is 0 Å². The second-order valence-electron chi connectivity index (χ2n) is 6.29. The number of rotatable bonds is 5. The molecule has 3 rings (SSSR count). The molecule has 3 aliphatic rings. The van der Waals surface area contributed by atoms with Crippen molar-refractivity contribution in [1.29, 1.82) is 0 Å². The van der Waals surface area contributed by atoms with Crippen LogP contribution in [0.25, 0.3) is 0 Å². The molecular formula is C15H29IN4O2. The number of halogens is 1. The summed E-state index contributed by atoms with van der Waals surface area (Å²) in [4.78, 5) is 9.33. The van der Waals surface area contributed by atoms with Gasteiger partial charge in [-0.15, -0.1) is 24.0 Å². The first-order valence-electron chi connectivity index (χ1n) is 8.17. The number of likely N-dealkylation sites (N-methyl/N-ethyl adjacent to an activating group) is 1. The highest BCUT2D eigenvalue weighted by atomic mass is 127. The highest BCUT2D eigenvalue weighted by Gasteiger charge is 2.49. The fourth-order valence-corrected chi connectivity index (χ4v) is 3.66. The Morgan fingerprint density at radius 3 is 2.64 bits per heavy atom. The Balaban J connectivity index is 0.00000176. The van der Waals surface area contributed by atoms with E-state index in [1.807, 2.05) is 0 Å². The zero-order valence-electron chi connectivity index (χ0n) is 13.7. The SMILES string of the molecule is CCOC1CC(CNC2=NCCN2C)(N2CCOCC2)C1.I. The Hall–Kier alpha value is -0.120. The normalized spacial score (nSPS) is 32.2. The van der Waals surface area contributed by atoms with Gasteiger partial charge in [0.25, 0.3) is 0 Å². The molecule has 0 amide bonds. The number of hydrogen-bond donors (Lipinski definition) is 1. The van der Waals surface area contributed by atoms with E-state index in [1.165, 1.54) is 0 Å². The van der Waals surface area contributed by atoms with Crippen LogP contribution in [0, 0.1) is 0 Å². The van der Waals surface area contributed by atoms with E-state index in [9.17, 15) is 0 Å². The lowest BCUT2D eigenvalue weighted by Gasteiger charge is -2.55. The van der Waals surface area contributed by atoms with E-state index in [0.29, 0.717) is 6.10 Å². The minimum atomic E-state index is 0. The molecule has 128 valence electrons. The Kier molecular flexibility index (Phi) is 6.73. The van der Waals surface area contributed by atoms with Crippen LogP contribution in [0.1, 0.15) is 19.8 Å². The molecule has 7 heteroatoms. The first kappa shape index (κ1) is 18.2. The van der Waals surface area contributed by atoms with Gasteiger partial charge < -0.3 is 19.7 Å². The molecule has 1 saturated heterocycles. The lowest BCUT2D eigenvalue weighted by molar-refractivity contribution is -0.124. The third-order valence-electron chi connectivity index (χ3n) is 4.93. The summed E-state index contributed by atoms with van der Waals surface area (Å²) in [7, 11) is 2.10. The molecule has 1 saturated carbocycles. The first-order valence-corrected chi connectivity index (χ1v) is 8.17. The molecule has 0 atom stereocenters. The summed E-state index contributed by atoms with van der Waals surface area (Å²) in [5.74, 6) is 1.04. The molecule has 0 bridgehead atoms. The highest BCUT2D eigenvalue weighted by molar-refractivity contribution is 14.0. The van der Waals surface area contributed by atoms with E-state index in [1.54, 1.807) is 0 Å². The van der Waals surface area contributed by atoms with Crippen LogP contribution in [-0.2, 0) is 9.47 Å². The van der Waals surface area contributed by atoms with Gasteiger partial charge in [-0.2, -0.15) is 0 Å². The average Bonchev–Trinajstić information content (AvgIpc) is 2.88. The molecule has 22 heavy (non-hydrogen) atoms. The van der Waals surface area contributed by atoms with Gasteiger partial charge in [-0.05, 0) is 19.8 Å². The van der Waals surface area contributed by atoms with Crippen LogP contribution in [0.15, 0.2) is 4.99 Å². The summed E-state index contributed by atoms with van der Waals surface area (Å²) in [6.45, 7) is 9.54. The highest BCUT2D eigenvalue weighted by Crippen LogP contribution is 2.39. The third kappa shape index (κ3) is 3.85. The van der Waals surface area contributed by atoms with Crippen LogP contribution in [0.2, 0.25) is 0 Å². The summed E-state index contributed by atoms with van der Waals surface area (Å²) >= 11 is 0. The van der Waals surface area contributed by atoms with E-state index in [2.05, 4.69) is 34.1 Å². The predicted molar refractivity (Wildman–Crippen MR) is 98.1 cm³/mol. The summed E-state index contributed by atoms with van der Waals surface area (Å²) in [6, 6.07) is 0. The molecule has 2 aliphatic heterocycles. The maximum atomic E-state index is 5.79. The van der Waals surface area contributed by atoms with Gasteiger partial charge in [-0.1, -0.05) is 0 Å². The lowest BCUT2D eigenvalue weighted by atomic mass is 9.72. The molecule has 1 aliphatic carbocycles. The Bertz CT molecular complexity index is 382. The minimum absolute atomic E-state index is 0. The van der Waals surface area contributed by atoms with Gasteiger partial charge in [0.2, 0.25) is 0 Å². The number of morpholine rings is 1. The topological polar surface area (TPSA) is 49.3 Å². The van der Waals surface area contributed by atoms with Crippen LogP contribution >= 0.6 is 24.0 Å². The molecular weight excluding hydrogens is 395 g/mol. The second kappa shape index (κ2) is 8.12. The molecule has 6 nitrogen and oxygen atoms in total. The van der Waals surface area contributed by atoms with Gasteiger partial charge in [-0.3, -0.25) is 9.89 Å². The monoisotopic (exact) mass is 424 g/mol. The quantitative estimate of drug-likeness (QED) is 0.661. The van der Waals surface area contributed by atoms with Gasteiger partial charge >= 0.3 is 0 Å². The molecule has 2 fully saturated rings. The predicted octanol–water partition coefficient (Wildman–Crippen LogP) is 0.765. The Morgan fingerprint density at radius 2 is 2.05 bits per heavy atom. The van der Waals surface area contributed by atoms with E-state index >= 15 is 0 Å². The second-order valence-corrected chi connectivity index (χ2v) is 6.29. The summed E-state index contributed by atoms with van der Waals surface area (Å²) in [5, 5.41) is 3.57. The molecule has 0 aromatic carbocycles. The number of guanidine groups is 1. The van der Waals surface area contributed by atoms with Crippen LogP contribution in [0.4, 0.5) is 0 Å². The molecule has 0 spiro atoms. The summed E-state index contributed by atoms with van der Waals surface area (Å²) < 4.78 is 11.3. The van der Waals surface area contributed by atoms with Crippen LogP contribution < -0.4 is 5.32 Å². The fraction of sp³-hybridized carbons (Fsp3) is 0.933. The van der Waals surface area contributed by atoms with Crippen molar-refractivity contribution in [2.24, 2.45) is 4.99 Å². The van der Waals surface area contributed by atoms with Gasteiger partial charge in [0.15, 0.2) is 5.96 Å². The third-order valence-corrected chi connectivity index (χ3v) is 4.93. The van der Waals surface area contributed by atoms with Crippen LogP contribution in [0.5, 0.6) is 0 Å². The van der Waals surface area contributed by atoms with Gasteiger partial charge in [-0.25, -0.2) is 0 Å².